The van der Waals surface area contributed by atoms with Crippen molar-refractivity contribution in [1.29, 1.82) is 0 Å². The summed E-state index contributed by atoms with van der Waals surface area (Å²) in [6.07, 6.45) is 3.57. The van der Waals surface area contributed by atoms with Gasteiger partial charge in [-0.15, -0.1) is 0 Å². The Bertz CT molecular complexity index is 1140. The number of anilines is 1. The van der Waals surface area contributed by atoms with Gasteiger partial charge in [0.05, 0.1) is 24.1 Å². The van der Waals surface area contributed by atoms with Crippen molar-refractivity contribution in [2.75, 3.05) is 11.4 Å². The van der Waals surface area contributed by atoms with Crippen molar-refractivity contribution >= 4 is 23.4 Å². The molecule has 1 aromatic carbocycles. The summed E-state index contributed by atoms with van der Waals surface area (Å²) in [6.45, 7) is 6.14. The Morgan fingerprint density at radius 3 is 2.71 bits per heavy atom. The summed E-state index contributed by atoms with van der Waals surface area (Å²) in [5.41, 5.74) is 3.51. The molecule has 0 N–H and O–H groups in total. The van der Waals surface area contributed by atoms with Gasteiger partial charge in [-0.25, -0.2) is 9.69 Å². The van der Waals surface area contributed by atoms with E-state index in [1.54, 1.807) is 36.0 Å². The Labute approximate surface area is 179 Å². The summed E-state index contributed by atoms with van der Waals surface area (Å²) in [5, 5.41) is 8.21. The van der Waals surface area contributed by atoms with Crippen LogP contribution in [-0.2, 0) is 17.9 Å². The number of hydrogen-bond acceptors (Lipinski definition) is 6. The van der Waals surface area contributed by atoms with Gasteiger partial charge in [-0.2, -0.15) is 5.10 Å². The zero-order valence-electron chi connectivity index (χ0n) is 17.7. The van der Waals surface area contributed by atoms with E-state index in [-0.39, 0.29) is 24.8 Å². The second-order valence-corrected chi connectivity index (χ2v) is 7.54. The second kappa shape index (κ2) is 8.17. The van der Waals surface area contributed by atoms with Gasteiger partial charge >= 0.3 is 6.03 Å². The minimum Gasteiger partial charge on any atom is -0.361 e. The summed E-state index contributed by atoms with van der Waals surface area (Å²) in [4.78, 5) is 40.1. The van der Waals surface area contributed by atoms with E-state index in [1.165, 1.54) is 11.1 Å². The van der Waals surface area contributed by atoms with E-state index in [0.29, 0.717) is 30.0 Å². The molecule has 31 heavy (non-hydrogen) atoms. The van der Waals surface area contributed by atoms with E-state index >= 15 is 0 Å². The molecule has 1 saturated heterocycles. The van der Waals surface area contributed by atoms with Gasteiger partial charge in [0.2, 0.25) is 0 Å². The third kappa shape index (κ3) is 3.98. The van der Waals surface area contributed by atoms with Gasteiger partial charge in [0.15, 0.2) is 5.78 Å². The van der Waals surface area contributed by atoms with Gasteiger partial charge in [0.25, 0.3) is 5.91 Å². The minimum atomic E-state index is -0.408. The smallest absolute Gasteiger partial charge is 0.332 e. The lowest BCUT2D eigenvalue weighted by Gasteiger charge is -2.16. The normalized spacial score (nSPS) is 14.0. The van der Waals surface area contributed by atoms with Crippen molar-refractivity contribution in [3.63, 3.8) is 0 Å². The minimum absolute atomic E-state index is 0.0279. The average molecular weight is 421 g/mol. The van der Waals surface area contributed by atoms with Crippen LogP contribution in [0.25, 0.3) is 0 Å². The van der Waals surface area contributed by atoms with E-state index in [1.807, 2.05) is 19.9 Å². The van der Waals surface area contributed by atoms with Crippen LogP contribution in [0.5, 0.6) is 0 Å². The molecule has 3 heterocycles. The summed E-state index contributed by atoms with van der Waals surface area (Å²) in [7, 11) is 0. The fraction of sp³-hybridized carbons (Fsp3) is 0.318. The molecule has 1 aliphatic rings. The molecule has 0 spiro atoms. The van der Waals surface area contributed by atoms with Crippen molar-refractivity contribution in [3.8, 4) is 0 Å². The maximum Gasteiger partial charge on any atom is 0.332 e. The molecule has 3 aromatic rings. The molecule has 9 nitrogen and oxygen atoms in total. The van der Waals surface area contributed by atoms with Gasteiger partial charge < -0.3 is 9.42 Å². The van der Waals surface area contributed by atoms with Gasteiger partial charge in [-0.3, -0.25) is 14.3 Å². The highest BCUT2D eigenvalue weighted by molar-refractivity contribution is 6.19. The van der Waals surface area contributed by atoms with Crippen LogP contribution in [0.3, 0.4) is 0 Å². The Kier molecular flexibility index (Phi) is 5.41. The third-order valence-corrected chi connectivity index (χ3v) is 5.36. The molecule has 2 aromatic heterocycles. The quantitative estimate of drug-likeness (QED) is 0.429. The van der Waals surface area contributed by atoms with Crippen LogP contribution in [0, 0.1) is 13.8 Å². The molecule has 0 bridgehead atoms. The lowest BCUT2D eigenvalue weighted by atomic mass is 10.1. The number of imide groups is 1. The number of carbonyl (C=O) groups is 3. The first-order chi connectivity index (χ1) is 14.9. The number of hydrogen-bond donors (Lipinski definition) is 0. The Morgan fingerprint density at radius 1 is 1.19 bits per heavy atom. The third-order valence-electron chi connectivity index (χ3n) is 5.36. The van der Waals surface area contributed by atoms with Crippen molar-refractivity contribution in [1.82, 2.24) is 19.8 Å². The van der Waals surface area contributed by atoms with Gasteiger partial charge in [-0.1, -0.05) is 30.3 Å². The van der Waals surface area contributed by atoms with Crippen molar-refractivity contribution in [3.05, 3.63) is 64.8 Å². The van der Waals surface area contributed by atoms with Crippen LogP contribution >= 0.6 is 0 Å². The van der Waals surface area contributed by atoms with Crippen molar-refractivity contribution < 1.29 is 18.9 Å². The number of benzene rings is 1. The molecule has 9 heteroatoms. The maximum atomic E-state index is 12.9. The average Bonchev–Trinajstić information content (AvgIpc) is 3.42. The van der Waals surface area contributed by atoms with Crippen LogP contribution in [0.2, 0.25) is 0 Å². The van der Waals surface area contributed by atoms with E-state index in [0.717, 1.165) is 21.7 Å². The number of aryl methyl sites for hydroxylation is 2. The molecule has 1 fully saturated rings. The first-order valence-corrected chi connectivity index (χ1v) is 10.1. The highest BCUT2D eigenvalue weighted by Crippen LogP contribution is 2.23. The number of carbonyl (C=O) groups excluding carboxylic acids is 3. The molecule has 1 aliphatic heterocycles. The molecule has 0 atom stereocenters. The molecular formula is C22H23N5O4. The Morgan fingerprint density at radius 2 is 2.00 bits per heavy atom. The molecule has 0 aliphatic carbocycles. The first-order valence-electron chi connectivity index (χ1n) is 10.1. The van der Waals surface area contributed by atoms with Crippen molar-refractivity contribution in [2.24, 2.45) is 0 Å². The first kappa shape index (κ1) is 20.5. The zero-order chi connectivity index (χ0) is 22.1. The highest BCUT2D eigenvalue weighted by Gasteiger charge is 2.37. The van der Waals surface area contributed by atoms with Gasteiger partial charge in [0, 0.05) is 30.3 Å². The maximum absolute atomic E-state index is 12.9. The predicted molar refractivity (Wildman–Crippen MR) is 112 cm³/mol. The fourth-order valence-corrected chi connectivity index (χ4v) is 3.64. The van der Waals surface area contributed by atoms with Gasteiger partial charge in [0.1, 0.15) is 12.3 Å². The van der Waals surface area contributed by atoms with E-state index in [4.69, 9.17) is 4.52 Å². The van der Waals surface area contributed by atoms with E-state index in [2.05, 4.69) is 10.3 Å². The number of amides is 3. The van der Waals surface area contributed by atoms with E-state index in [9.17, 15) is 14.4 Å². The van der Waals surface area contributed by atoms with Crippen LogP contribution in [-0.4, -0.2) is 44.1 Å². The van der Waals surface area contributed by atoms with Crippen LogP contribution in [0.4, 0.5) is 10.5 Å². The number of aromatic nitrogens is 3. The number of Topliss-reactive ketones (excluding diaryl/α,β-unsaturated/α-hetero) is 1. The number of rotatable bonds is 7. The van der Waals surface area contributed by atoms with Crippen LogP contribution < -0.4 is 4.90 Å². The number of ketones is 1. The number of urea groups is 1. The molecule has 0 unspecified atom stereocenters. The number of nitrogens with zero attached hydrogens (tertiary/aromatic N) is 5. The lowest BCUT2D eigenvalue weighted by molar-refractivity contribution is -0.116. The molecule has 3 amide bonds. The summed E-state index contributed by atoms with van der Waals surface area (Å²) < 4.78 is 6.82. The molecule has 4 rings (SSSR count). The highest BCUT2D eigenvalue weighted by atomic mass is 16.5. The summed E-state index contributed by atoms with van der Waals surface area (Å²) in [5.74, 6) is 0.429. The second-order valence-electron chi connectivity index (χ2n) is 7.54. The van der Waals surface area contributed by atoms with E-state index < -0.39 is 6.03 Å². The Balaban J connectivity index is 1.49. The topological polar surface area (TPSA) is 102 Å². The van der Waals surface area contributed by atoms with Crippen LogP contribution in [0.15, 0.2) is 41.2 Å². The molecule has 160 valence electrons. The SMILES string of the molecule is CCC(=O)c1cccc(CN2CC(=O)N(c3cnn(Cc4c(C)noc4C)c3)C2=O)c1. The molecular weight excluding hydrogens is 398 g/mol. The predicted octanol–water partition coefficient (Wildman–Crippen LogP) is 3.10. The van der Waals surface area contributed by atoms with Gasteiger partial charge in [-0.05, 0) is 25.5 Å². The van der Waals surface area contributed by atoms with Crippen molar-refractivity contribution in [2.45, 2.75) is 40.3 Å². The van der Waals surface area contributed by atoms with Crippen LogP contribution in [0.1, 0.15) is 46.3 Å². The summed E-state index contributed by atoms with van der Waals surface area (Å²) in [6, 6.07) is 6.75. The lowest BCUT2D eigenvalue weighted by Crippen LogP contribution is -2.32. The monoisotopic (exact) mass is 421 g/mol. The zero-order valence-corrected chi connectivity index (χ0v) is 17.7. The molecule has 0 saturated carbocycles. The Hall–Kier alpha value is -3.75. The molecule has 0 radical (unpaired) electrons. The fourth-order valence-electron chi connectivity index (χ4n) is 3.64. The largest absolute Gasteiger partial charge is 0.361 e. The summed E-state index contributed by atoms with van der Waals surface area (Å²) >= 11 is 0. The standard InChI is InChI=1S/C22H23N5O4/c1-4-20(28)17-7-5-6-16(8-17)10-25-13-21(29)27(22(25)30)18-9-23-26(11-18)12-19-14(2)24-31-15(19)3/h5-9,11H,4,10,12-13H2,1-3H3.